The molecule has 2 saturated heterocycles. The molecule has 2 fully saturated rings. The zero-order valence-electron chi connectivity index (χ0n) is 12.7. The zero-order valence-corrected chi connectivity index (χ0v) is 12.7. The van der Waals surface area contributed by atoms with Gasteiger partial charge in [0.15, 0.2) is 11.5 Å². The van der Waals surface area contributed by atoms with Crippen LogP contribution in [-0.4, -0.2) is 24.0 Å². The number of rotatable bonds is 2. The monoisotopic (exact) mass is 306 g/mol. The van der Waals surface area contributed by atoms with Gasteiger partial charge in [-0.25, -0.2) is 0 Å². The molecule has 0 aliphatic carbocycles. The largest absolute Gasteiger partial charge is 0.443 e. The van der Waals surface area contributed by atoms with Gasteiger partial charge in [-0.05, 0) is 49.4 Å². The molecule has 3 atom stereocenters. The van der Waals surface area contributed by atoms with E-state index in [-0.39, 0.29) is 11.9 Å². The number of amides is 1. The minimum Gasteiger partial charge on any atom is -0.443 e. The minimum atomic E-state index is -0.155. The van der Waals surface area contributed by atoms with Crippen molar-refractivity contribution < 1.29 is 9.21 Å². The van der Waals surface area contributed by atoms with Gasteiger partial charge >= 0.3 is 0 Å². The lowest BCUT2D eigenvalue weighted by Gasteiger charge is -2.20. The van der Waals surface area contributed by atoms with Crippen molar-refractivity contribution in [2.45, 2.75) is 37.4 Å². The SMILES string of the molecule is O=C(N[C@@H]1C[C@H]2CC[C@@H]1N2)c1ccc(C#Cc2ccccc2)o1. The van der Waals surface area contributed by atoms with Gasteiger partial charge in [-0.3, -0.25) is 4.79 Å². The maximum atomic E-state index is 12.3. The number of carbonyl (C=O) groups excluding carboxylic acids is 1. The third kappa shape index (κ3) is 3.01. The van der Waals surface area contributed by atoms with Crippen molar-refractivity contribution in [3.8, 4) is 11.8 Å². The first-order valence-corrected chi connectivity index (χ1v) is 8.02. The molecule has 4 rings (SSSR count). The number of hydrogen-bond acceptors (Lipinski definition) is 3. The predicted molar refractivity (Wildman–Crippen MR) is 86.9 cm³/mol. The Labute approximate surface area is 135 Å². The van der Waals surface area contributed by atoms with Crippen LogP contribution in [0.5, 0.6) is 0 Å². The van der Waals surface area contributed by atoms with Gasteiger partial charge in [0, 0.05) is 23.7 Å². The highest BCUT2D eigenvalue weighted by atomic mass is 16.3. The molecule has 2 N–H and O–H groups in total. The maximum Gasteiger partial charge on any atom is 0.287 e. The smallest absolute Gasteiger partial charge is 0.287 e. The number of nitrogens with one attached hydrogen (secondary N) is 2. The average Bonchev–Trinajstić information content (AvgIpc) is 3.30. The van der Waals surface area contributed by atoms with E-state index >= 15 is 0 Å². The summed E-state index contributed by atoms with van der Waals surface area (Å²) in [6.07, 6.45) is 3.37. The van der Waals surface area contributed by atoms with Crippen LogP contribution in [0.1, 0.15) is 41.1 Å². The molecule has 1 aromatic carbocycles. The summed E-state index contributed by atoms with van der Waals surface area (Å²) in [5.74, 6) is 6.64. The van der Waals surface area contributed by atoms with Gasteiger partial charge in [0.1, 0.15) is 0 Å². The molecule has 116 valence electrons. The van der Waals surface area contributed by atoms with Crippen molar-refractivity contribution in [1.82, 2.24) is 10.6 Å². The molecule has 4 nitrogen and oxygen atoms in total. The van der Waals surface area contributed by atoms with E-state index in [4.69, 9.17) is 4.42 Å². The van der Waals surface area contributed by atoms with Crippen molar-refractivity contribution in [3.63, 3.8) is 0 Å². The summed E-state index contributed by atoms with van der Waals surface area (Å²) in [6, 6.07) is 14.3. The Hall–Kier alpha value is -2.51. The topological polar surface area (TPSA) is 54.3 Å². The van der Waals surface area contributed by atoms with E-state index in [1.807, 2.05) is 30.3 Å². The van der Waals surface area contributed by atoms with Crippen molar-refractivity contribution >= 4 is 5.91 Å². The molecule has 2 aliphatic heterocycles. The number of benzene rings is 1. The van der Waals surface area contributed by atoms with E-state index in [2.05, 4.69) is 22.5 Å². The first-order chi connectivity index (χ1) is 11.3. The summed E-state index contributed by atoms with van der Waals surface area (Å²) in [6.45, 7) is 0. The quantitative estimate of drug-likeness (QED) is 0.837. The van der Waals surface area contributed by atoms with Crippen LogP contribution >= 0.6 is 0 Å². The molecule has 1 amide bonds. The summed E-state index contributed by atoms with van der Waals surface area (Å²) in [5, 5.41) is 6.58. The Balaban J connectivity index is 1.41. The Morgan fingerprint density at radius 2 is 2.00 bits per heavy atom. The van der Waals surface area contributed by atoms with E-state index in [1.165, 1.54) is 6.42 Å². The highest BCUT2D eigenvalue weighted by Crippen LogP contribution is 2.28. The second kappa shape index (κ2) is 5.94. The molecule has 2 aromatic rings. The number of hydrogen-bond donors (Lipinski definition) is 2. The van der Waals surface area contributed by atoms with E-state index in [9.17, 15) is 4.79 Å². The molecule has 0 unspecified atom stereocenters. The van der Waals surface area contributed by atoms with Crippen molar-refractivity contribution in [2.75, 3.05) is 0 Å². The van der Waals surface area contributed by atoms with Gasteiger partial charge in [0.25, 0.3) is 5.91 Å². The molecule has 23 heavy (non-hydrogen) atoms. The van der Waals surface area contributed by atoms with Gasteiger partial charge in [-0.1, -0.05) is 24.1 Å². The predicted octanol–water partition coefficient (Wildman–Crippen LogP) is 2.30. The molecular formula is C19H18N2O2. The third-order valence-electron chi connectivity index (χ3n) is 4.55. The van der Waals surface area contributed by atoms with Crippen molar-refractivity contribution in [3.05, 3.63) is 59.5 Å². The van der Waals surface area contributed by atoms with Crippen molar-refractivity contribution in [1.29, 1.82) is 0 Å². The molecule has 1 aromatic heterocycles. The number of fused-ring (bicyclic) bond motifs is 2. The average molecular weight is 306 g/mol. The van der Waals surface area contributed by atoms with E-state index in [0.29, 0.717) is 23.6 Å². The highest BCUT2D eigenvalue weighted by Gasteiger charge is 2.39. The zero-order chi connectivity index (χ0) is 15.6. The summed E-state index contributed by atoms with van der Waals surface area (Å²) in [7, 11) is 0. The van der Waals surface area contributed by atoms with E-state index in [0.717, 1.165) is 18.4 Å². The number of carbonyl (C=O) groups is 1. The second-order valence-electron chi connectivity index (χ2n) is 6.14. The Morgan fingerprint density at radius 1 is 1.13 bits per heavy atom. The summed E-state index contributed by atoms with van der Waals surface area (Å²) in [4.78, 5) is 12.3. The van der Waals surface area contributed by atoms with Crippen LogP contribution in [0.25, 0.3) is 0 Å². The van der Waals surface area contributed by atoms with Crippen LogP contribution in [0.2, 0.25) is 0 Å². The molecule has 0 saturated carbocycles. The Bertz CT molecular complexity index is 769. The normalized spacial score (nSPS) is 25.0. The maximum absolute atomic E-state index is 12.3. The highest BCUT2D eigenvalue weighted by molar-refractivity contribution is 5.91. The van der Waals surface area contributed by atoms with E-state index in [1.54, 1.807) is 12.1 Å². The van der Waals surface area contributed by atoms with Crippen LogP contribution in [0.15, 0.2) is 46.9 Å². The molecular weight excluding hydrogens is 288 g/mol. The Kier molecular flexibility index (Phi) is 3.64. The van der Waals surface area contributed by atoms with Gasteiger partial charge in [0.05, 0.1) is 0 Å². The fraction of sp³-hybridized carbons (Fsp3) is 0.316. The van der Waals surface area contributed by atoms with Gasteiger partial charge in [-0.2, -0.15) is 0 Å². The second-order valence-corrected chi connectivity index (χ2v) is 6.14. The van der Waals surface area contributed by atoms with Crippen LogP contribution in [0.3, 0.4) is 0 Å². The lowest BCUT2D eigenvalue weighted by Crippen LogP contribution is -2.42. The number of furan rings is 1. The first-order valence-electron chi connectivity index (χ1n) is 8.02. The summed E-state index contributed by atoms with van der Waals surface area (Å²) in [5.41, 5.74) is 0.919. The standard InChI is InChI=1S/C19H18N2O2/c22-19(21-17-12-14-7-10-16(17)20-14)18-11-9-15(23-18)8-6-13-4-2-1-3-5-13/h1-5,9,11,14,16-17,20H,7,10,12H2,(H,21,22)/t14-,16+,17-/m1/s1. The van der Waals surface area contributed by atoms with Crippen LogP contribution in [0, 0.1) is 11.8 Å². The van der Waals surface area contributed by atoms with Gasteiger partial charge < -0.3 is 15.1 Å². The molecule has 2 aliphatic rings. The molecule has 2 bridgehead atoms. The lowest BCUT2D eigenvalue weighted by atomic mass is 9.95. The molecule has 3 heterocycles. The molecule has 0 spiro atoms. The van der Waals surface area contributed by atoms with Crippen LogP contribution in [-0.2, 0) is 0 Å². The molecule has 4 heteroatoms. The Morgan fingerprint density at radius 3 is 2.74 bits per heavy atom. The van der Waals surface area contributed by atoms with Crippen molar-refractivity contribution in [2.24, 2.45) is 0 Å². The molecule has 0 radical (unpaired) electrons. The fourth-order valence-corrected chi connectivity index (χ4v) is 3.41. The first kappa shape index (κ1) is 14.1. The lowest BCUT2D eigenvalue weighted by molar-refractivity contribution is 0.0902. The van der Waals surface area contributed by atoms with Crippen LogP contribution in [0.4, 0.5) is 0 Å². The van der Waals surface area contributed by atoms with Gasteiger partial charge in [-0.15, -0.1) is 0 Å². The summed E-state index contributed by atoms with van der Waals surface area (Å²) >= 11 is 0. The third-order valence-corrected chi connectivity index (χ3v) is 4.55. The van der Waals surface area contributed by atoms with Gasteiger partial charge in [0.2, 0.25) is 0 Å². The fourth-order valence-electron chi connectivity index (χ4n) is 3.41. The van der Waals surface area contributed by atoms with E-state index < -0.39 is 0 Å². The van der Waals surface area contributed by atoms with Crippen LogP contribution < -0.4 is 10.6 Å². The summed E-state index contributed by atoms with van der Waals surface area (Å²) < 4.78 is 5.55. The minimum absolute atomic E-state index is 0.155.